The summed E-state index contributed by atoms with van der Waals surface area (Å²) >= 11 is 0. The van der Waals surface area contributed by atoms with Crippen LogP contribution in [0.2, 0.25) is 0 Å². The highest BCUT2D eigenvalue weighted by Crippen LogP contribution is 2.38. The number of pyridine rings is 1. The van der Waals surface area contributed by atoms with Crippen molar-refractivity contribution in [3.05, 3.63) is 53.5 Å². The molecule has 4 N–H and O–H groups in total. The van der Waals surface area contributed by atoms with E-state index in [1.165, 1.54) is 19.2 Å². The Morgan fingerprint density at radius 3 is 2.56 bits per heavy atom. The Balaban J connectivity index is 1.79. The van der Waals surface area contributed by atoms with Crippen LogP contribution in [0.25, 0.3) is 10.9 Å². The number of hydrogen-bond acceptors (Lipinski definition) is 7. The van der Waals surface area contributed by atoms with Crippen LogP contribution in [0.15, 0.2) is 36.5 Å². The molecule has 0 aliphatic carbocycles. The summed E-state index contributed by atoms with van der Waals surface area (Å²) in [5.74, 6) is -0.854. The number of carbonyl (C=O) groups is 2. The molecule has 2 amide bonds. The number of anilines is 3. The highest BCUT2D eigenvalue weighted by molar-refractivity contribution is 6.08. The van der Waals surface area contributed by atoms with Crippen LogP contribution in [-0.2, 0) is 4.79 Å². The number of aliphatic hydroxyl groups is 1. The number of hydrogen-bond donors (Lipinski definition) is 3. The molecule has 1 atom stereocenters. The van der Waals surface area contributed by atoms with E-state index in [4.69, 9.17) is 10.5 Å². The summed E-state index contributed by atoms with van der Waals surface area (Å²) in [6.07, 6.45) is 0.319. The summed E-state index contributed by atoms with van der Waals surface area (Å²) in [5, 5.41) is 13.3. The Kier molecular flexibility index (Phi) is 7.25. The highest BCUT2D eigenvalue weighted by Gasteiger charge is 2.26. The van der Waals surface area contributed by atoms with Crippen molar-refractivity contribution in [1.82, 2.24) is 9.88 Å². The Labute approximate surface area is 208 Å². The van der Waals surface area contributed by atoms with Gasteiger partial charge in [-0.2, -0.15) is 0 Å². The molecule has 1 aromatic heterocycles. The van der Waals surface area contributed by atoms with Gasteiger partial charge in [-0.1, -0.05) is 6.07 Å². The minimum absolute atomic E-state index is 0.130. The first-order valence-electron chi connectivity index (χ1n) is 11.8. The van der Waals surface area contributed by atoms with Crippen LogP contribution in [0.5, 0.6) is 5.75 Å². The van der Waals surface area contributed by atoms with Crippen molar-refractivity contribution >= 4 is 39.8 Å². The lowest BCUT2D eigenvalue weighted by Gasteiger charge is -2.37. The molecule has 2 aromatic carbocycles. The number of halogens is 1. The number of nitrogens with two attached hydrogens (primary N) is 1. The van der Waals surface area contributed by atoms with E-state index in [1.54, 1.807) is 30.0 Å². The van der Waals surface area contributed by atoms with Gasteiger partial charge in [-0.25, -0.2) is 4.39 Å². The largest absolute Gasteiger partial charge is 0.492 e. The third-order valence-corrected chi connectivity index (χ3v) is 6.19. The molecule has 1 unspecified atom stereocenters. The van der Waals surface area contributed by atoms with Crippen LogP contribution in [0.3, 0.4) is 0 Å². The average molecular weight is 496 g/mol. The number of fused-ring (bicyclic) bond motifs is 1. The first-order valence-corrected chi connectivity index (χ1v) is 11.8. The summed E-state index contributed by atoms with van der Waals surface area (Å²) in [4.78, 5) is 32.6. The molecule has 190 valence electrons. The number of benzene rings is 2. The number of amides is 2. The molecule has 4 rings (SSSR count). The molecule has 1 aliphatic heterocycles. The van der Waals surface area contributed by atoms with Gasteiger partial charge in [0.2, 0.25) is 0 Å². The second kappa shape index (κ2) is 10.4. The van der Waals surface area contributed by atoms with Gasteiger partial charge >= 0.3 is 0 Å². The normalized spacial score (nSPS) is 14.6. The number of carbonyl (C=O) groups excluding carboxylic acids is 2. The molecule has 3 aromatic rings. The van der Waals surface area contributed by atoms with E-state index in [0.717, 1.165) is 11.3 Å². The Bertz CT molecular complexity index is 1310. The zero-order chi connectivity index (χ0) is 26.0. The van der Waals surface area contributed by atoms with Crippen LogP contribution in [0.1, 0.15) is 29.8 Å². The summed E-state index contributed by atoms with van der Waals surface area (Å²) in [6, 6.07) is 8.41. The quantitative estimate of drug-likeness (QED) is 0.461. The number of nitrogens with one attached hydrogen (secondary N) is 1. The maximum atomic E-state index is 14.7. The first kappa shape index (κ1) is 25.2. The van der Waals surface area contributed by atoms with Crippen molar-refractivity contribution in [3.63, 3.8) is 0 Å². The third-order valence-electron chi connectivity index (χ3n) is 6.19. The molecule has 1 aliphatic rings. The molecule has 1 fully saturated rings. The highest BCUT2D eigenvalue weighted by atomic mass is 19.1. The molecule has 1 saturated heterocycles. The second-order valence-electron chi connectivity index (χ2n) is 8.78. The lowest BCUT2D eigenvalue weighted by molar-refractivity contribution is -0.139. The molecular formula is C26H30FN5O4. The van der Waals surface area contributed by atoms with Gasteiger partial charge in [0.25, 0.3) is 11.8 Å². The summed E-state index contributed by atoms with van der Waals surface area (Å²) in [6.45, 7) is 7.46. The van der Waals surface area contributed by atoms with Gasteiger partial charge in [0.15, 0.2) is 0 Å². The summed E-state index contributed by atoms with van der Waals surface area (Å²) < 4.78 is 20.6. The van der Waals surface area contributed by atoms with Crippen molar-refractivity contribution in [1.29, 1.82) is 0 Å². The minimum atomic E-state index is -1.05. The molecule has 0 spiro atoms. The Hall–Kier alpha value is -3.92. The van der Waals surface area contributed by atoms with Crippen LogP contribution in [0, 0.1) is 12.7 Å². The predicted molar refractivity (Wildman–Crippen MR) is 136 cm³/mol. The van der Waals surface area contributed by atoms with Gasteiger partial charge in [-0.05, 0) is 44.5 Å². The standard InChI is InChI=1S/C26H30FN5O4/c1-4-36-23-13-21-17(12-22(23)31-7-9-32(10-8-31)26(35)16(3)33)24(18(14-29-21)25(28)34)30-20-6-5-15(2)11-19(20)27/h5-6,11-14,16,33H,4,7-10H2,1-3H3,(H2,28,34)(H,29,30). The molecule has 0 bridgehead atoms. The van der Waals surface area contributed by atoms with E-state index in [-0.39, 0.29) is 17.2 Å². The van der Waals surface area contributed by atoms with Crippen molar-refractivity contribution in [2.75, 3.05) is 43.0 Å². The van der Waals surface area contributed by atoms with Crippen LogP contribution in [-0.4, -0.2) is 65.7 Å². The first-order chi connectivity index (χ1) is 17.2. The number of aryl methyl sites for hydroxylation is 1. The zero-order valence-electron chi connectivity index (χ0n) is 20.5. The van der Waals surface area contributed by atoms with Gasteiger partial charge in [0, 0.05) is 43.8 Å². The van der Waals surface area contributed by atoms with Gasteiger partial charge in [-0.3, -0.25) is 14.6 Å². The monoisotopic (exact) mass is 495 g/mol. The van der Waals surface area contributed by atoms with E-state index in [2.05, 4.69) is 15.2 Å². The SMILES string of the molecule is CCOc1cc2ncc(C(N)=O)c(Nc3ccc(C)cc3F)c2cc1N1CCN(C(=O)C(C)O)CC1. The van der Waals surface area contributed by atoms with Crippen molar-refractivity contribution in [2.45, 2.75) is 26.9 Å². The topological polar surface area (TPSA) is 121 Å². The van der Waals surface area contributed by atoms with Crippen LogP contribution in [0.4, 0.5) is 21.5 Å². The van der Waals surface area contributed by atoms with Gasteiger partial charge in [0.1, 0.15) is 17.7 Å². The zero-order valence-corrected chi connectivity index (χ0v) is 20.5. The minimum Gasteiger partial charge on any atom is -0.492 e. The van der Waals surface area contributed by atoms with Crippen molar-refractivity contribution in [2.24, 2.45) is 5.73 Å². The molecule has 10 heteroatoms. The van der Waals surface area contributed by atoms with Crippen LogP contribution < -0.4 is 20.7 Å². The molecule has 0 saturated carbocycles. The maximum absolute atomic E-state index is 14.7. The molecule has 9 nitrogen and oxygen atoms in total. The number of ether oxygens (including phenoxy) is 1. The van der Waals surface area contributed by atoms with Crippen LogP contribution >= 0.6 is 0 Å². The van der Waals surface area contributed by atoms with E-state index in [9.17, 15) is 19.1 Å². The predicted octanol–water partition coefficient (Wildman–Crippen LogP) is 2.95. The maximum Gasteiger partial charge on any atom is 0.252 e. The van der Waals surface area contributed by atoms with E-state index < -0.39 is 17.8 Å². The van der Waals surface area contributed by atoms with Crippen molar-refractivity contribution < 1.29 is 23.8 Å². The van der Waals surface area contributed by atoms with Crippen molar-refractivity contribution in [3.8, 4) is 5.75 Å². The Morgan fingerprint density at radius 1 is 1.22 bits per heavy atom. The van der Waals surface area contributed by atoms with E-state index in [1.807, 2.05) is 13.0 Å². The fourth-order valence-corrected chi connectivity index (χ4v) is 4.34. The number of primary amides is 1. The molecule has 0 radical (unpaired) electrons. The van der Waals surface area contributed by atoms with E-state index >= 15 is 0 Å². The molecular weight excluding hydrogens is 465 g/mol. The number of rotatable bonds is 7. The number of nitrogens with zero attached hydrogens (tertiary/aromatic N) is 3. The lowest BCUT2D eigenvalue weighted by Crippen LogP contribution is -2.51. The molecule has 2 heterocycles. The number of aromatic nitrogens is 1. The molecule has 36 heavy (non-hydrogen) atoms. The summed E-state index contributed by atoms with van der Waals surface area (Å²) in [5.41, 5.74) is 8.39. The van der Waals surface area contributed by atoms with Gasteiger partial charge in [0.05, 0.1) is 34.7 Å². The average Bonchev–Trinajstić information content (AvgIpc) is 2.85. The van der Waals surface area contributed by atoms with Gasteiger partial charge in [-0.15, -0.1) is 0 Å². The number of piperazine rings is 1. The smallest absolute Gasteiger partial charge is 0.252 e. The lowest BCUT2D eigenvalue weighted by atomic mass is 10.1. The third kappa shape index (κ3) is 5.03. The summed E-state index contributed by atoms with van der Waals surface area (Å²) in [7, 11) is 0. The fourth-order valence-electron chi connectivity index (χ4n) is 4.34. The van der Waals surface area contributed by atoms with E-state index in [0.29, 0.717) is 55.1 Å². The fraction of sp³-hybridized carbons (Fsp3) is 0.346. The van der Waals surface area contributed by atoms with Gasteiger partial charge < -0.3 is 30.7 Å². The second-order valence-corrected chi connectivity index (χ2v) is 8.78. The Morgan fingerprint density at radius 2 is 1.94 bits per heavy atom. The number of aliphatic hydroxyl groups excluding tert-OH is 1.